The highest BCUT2D eigenvalue weighted by Gasteiger charge is 2.33. The summed E-state index contributed by atoms with van der Waals surface area (Å²) >= 11 is 0. The maximum atomic E-state index is 3.52. The van der Waals surface area contributed by atoms with Gasteiger partial charge in [-0.05, 0) is 25.9 Å². The number of nitrogens with one attached hydrogen (secondary N) is 3. The zero-order chi connectivity index (χ0) is 6.86. The largest absolute Gasteiger partial charge is 0.316 e. The molecule has 0 bridgehead atoms. The third-order valence-electron chi connectivity index (χ3n) is 2.51. The Morgan fingerprint density at radius 2 is 1.40 bits per heavy atom. The van der Waals surface area contributed by atoms with Crippen LogP contribution in [0.3, 0.4) is 0 Å². The first kappa shape index (κ1) is 6.58. The lowest BCUT2D eigenvalue weighted by molar-refractivity contribution is 0.247. The Bertz CT molecular complexity index is 110. The molecule has 0 aliphatic carbocycles. The van der Waals surface area contributed by atoms with Gasteiger partial charge in [0, 0.05) is 13.1 Å². The second kappa shape index (κ2) is 2.49. The van der Waals surface area contributed by atoms with Crippen LogP contribution in [0.5, 0.6) is 0 Å². The Kier molecular flexibility index (Phi) is 1.64. The first-order chi connectivity index (χ1) is 4.91. The topological polar surface area (TPSA) is 36.1 Å². The molecular formula is C7H15N3. The SMILES string of the molecule is C1CC2(CCN1)NCCN2. The van der Waals surface area contributed by atoms with Crippen LogP contribution >= 0.6 is 0 Å². The van der Waals surface area contributed by atoms with Gasteiger partial charge in [0.2, 0.25) is 0 Å². The first-order valence-electron chi connectivity index (χ1n) is 4.12. The van der Waals surface area contributed by atoms with Gasteiger partial charge in [-0.15, -0.1) is 0 Å². The van der Waals surface area contributed by atoms with E-state index in [1.165, 1.54) is 12.8 Å². The minimum Gasteiger partial charge on any atom is -0.316 e. The zero-order valence-corrected chi connectivity index (χ0v) is 6.24. The maximum Gasteiger partial charge on any atom is 0.0712 e. The fraction of sp³-hybridized carbons (Fsp3) is 1.00. The van der Waals surface area contributed by atoms with E-state index in [4.69, 9.17) is 0 Å². The molecule has 0 saturated carbocycles. The molecule has 2 aliphatic rings. The van der Waals surface area contributed by atoms with Crippen molar-refractivity contribution in [2.75, 3.05) is 26.2 Å². The summed E-state index contributed by atoms with van der Waals surface area (Å²) in [7, 11) is 0. The van der Waals surface area contributed by atoms with E-state index in [-0.39, 0.29) is 0 Å². The van der Waals surface area contributed by atoms with Crippen molar-refractivity contribution < 1.29 is 0 Å². The van der Waals surface area contributed by atoms with Gasteiger partial charge in [-0.2, -0.15) is 0 Å². The lowest BCUT2D eigenvalue weighted by atomic mass is 10.00. The van der Waals surface area contributed by atoms with Crippen LogP contribution < -0.4 is 16.0 Å². The summed E-state index contributed by atoms with van der Waals surface area (Å²) in [5, 5.41) is 10.4. The van der Waals surface area contributed by atoms with Crippen molar-refractivity contribution in [2.45, 2.75) is 18.5 Å². The molecule has 2 fully saturated rings. The summed E-state index contributed by atoms with van der Waals surface area (Å²) in [5.41, 5.74) is 0.311. The smallest absolute Gasteiger partial charge is 0.0712 e. The Balaban J connectivity index is 1.98. The van der Waals surface area contributed by atoms with Gasteiger partial charge in [0.25, 0.3) is 0 Å². The van der Waals surface area contributed by atoms with Crippen LogP contribution in [0.2, 0.25) is 0 Å². The highest BCUT2D eigenvalue weighted by Crippen LogP contribution is 2.16. The monoisotopic (exact) mass is 141 g/mol. The molecule has 3 heteroatoms. The molecule has 10 heavy (non-hydrogen) atoms. The summed E-state index contributed by atoms with van der Waals surface area (Å²) in [4.78, 5) is 0. The van der Waals surface area contributed by atoms with E-state index in [1.807, 2.05) is 0 Å². The molecule has 2 heterocycles. The minimum absolute atomic E-state index is 0.311. The van der Waals surface area contributed by atoms with Crippen molar-refractivity contribution in [3.63, 3.8) is 0 Å². The molecule has 0 aromatic heterocycles. The molecule has 3 nitrogen and oxygen atoms in total. The van der Waals surface area contributed by atoms with Crippen LogP contribution in [0.25, 0.3) is 0 Å². The van der Waals surface area contributed by atoms with Gasteiger partial charge in [-0.1, -0.05) is 0 Å². The van der Waals surface area contributed by atoms with Crippen molar-refractivity contribution in [3.8, 4) is 0 Å². The molecule has 0 radical (unpaired) electrons. The maximum absolute atomic E-state index is 3.52. The predicted octanol–water partition coefficient (Wildman–Crippen LogP) is -0.741. The van der Waals surface area contributed by atoms with Gasteiger partial charge in [-0.3, -0.25) is 10.6 Å². The number of rotatable bonds is 0. The molecule has 3 N–H and O–H groups in total. The number of piperidine rings is 1. The standard InChI is InChI=1S/C7H15N3/c1-3-8-4-2-7(1)9-5-6-10-7/h8-10H,1-6H2. The number of hydrogen-bond acceptors (Lipinski definition) is 3. The van der Waals surface area contributed by atoms with E-state index in [9.17, 15) is 0 Å². The summed E-state index contributed by atoms with van der Waals surface area (Å²) < 4.78 is 0. The van der Waals surface area contributed by atoms with Crippen LogP contribution in [0, 0.1) is 0 Å². The highest BCUT2D eigenvalue weighted by atomic mass is 15.3. The van der Waals surface area contributed by atoms with E-state index >= 15 is 0 Å². The van der Waals surface area contributed by atoms with Crippen molar-refractivity contribution in [2.24, 2.45) is 0 Å². The lowest BCUT2D eigenvalue weighted by Gasteiger charge is -2.34. The van der Waals surface area contributed by atoms with Gasteiger partial charge in [-0.25, -0.2) is 0 Å². The van der Waals surface area contributed by atoms with Crippen LogP contribution in [0.4, 0.5) is 0 Å². The van der Waals surface area contributed by atoms with Crippen LogP contribution in [-0.4, -0.2) is 31.8 Å². The molecule has 0 unspecified atom stereocenters. The normalized spacial score (nSPS) is 31.2. The third kappa shape index (κ3) is 1.05. The second-order valence-corrected chi connectivity index (χ2v) is 3.19. The van der Waals surface area contributed by atoms with Crippen molar-refractivity contribution >= 4 is 0 Å². The molecule has 2 saturated heterocycles. The quantitative estimate of drug-likeness (QED) is 0.416. The Morgan fingerprint density at radius 3 is 2.00 bits per heavy atom. The predicted molar refractivity (Wildman–Crippen MR) is 40.8 cm³/mol. The van der Waals surface area contributed by atoms with Crippen molar-refractivity contribution in [1.82, 2.24) is 16.0 Å². The second-order valence-electron chi connectivity index (χ2n) is 3.19. The molecule has 0 amide bonds. The lowest BCUT2D eigenvalue weighted by Crippen LogP contribution is -2.55. The average Bonchev–Trinajstić information content (AvgIpc) is 2.39. The molecule has 2 rings (SSSR count). The van der Waals surface area contributed by atoms with Gasteiger partial charge >= 0.3 is 0 Å². The van der Waals surface area contributed by atoms with Crippen molar-refractivity contribution in [1.29, 1.82) is 0 Å². The Labute approximate surface area is 61.6 Å². The van der Waals surface area contributed by atoms with Crippen LogP contribution in [0.1, 0.15) is 12.8 Å². The molecule has 1 spiro atoms. The first-order valence-corrected chi connectivity index (χ1v) is 4.12. The van der Waals surface area contributed by atoms with Gasteiger partial charge in [0.15, 0.2) is 0 Å². The third-order valence-corrected chi connectivity index (χ3v) is 2.51. The molecule has 0 aromatic carbocycles. The molecule has 2 aliphatic heterocycles. The molecule has 58 valence electrons. The summed E-state index contributed by atoms with van der Waals surface area (Å²) in [6.45, 7) is 4.58. The van der Waals surface area contributed by atoms with E-state index in [1.54, 1.807) is 0 Å². The fourth-order valence-electron chi connectivity index (χ4n) is 1.87. The van der Waals surface area contributed by atoms with Gasteiger partial charge in [0.05, 0.1) is 5.66 Å². The summed E-state index contributed by atoms with van der Waals surface area (Å²) in [5.74, 6) is 0. The average molecular weight is 141 g/mol. The minimum atomic E-state index is 0.311. The fourth-order valence-corrected chi connectivity index (χ4v) is 1.87. The Hall–Kier alpha value is -0.120. The van der Waals surface area contributed by atoms with Crippen LogP contribution in [0.15, 0.2) is 0 Å². The molecule has 0 atom stereocenters. The Morgan fingerprint density at radius 1 is 0.800 bits per heavy atom. The summed E-state index contributed by atoms with van der Waals surface area (Å²) in [6.07, 6.45) is 2.46. The van der Waals surface area contributed by atoms with E-state index < -0.39 is 0 Å². The number of hydrogen-bond donors (Lipinski definition) is 3. The molecular weight excluding hydrogens is 126 g/mol. The van der Waals surface area contributed by atoms with E-state index in [2.05, 4.69) is 16.0 Å². The van der Waals surface area contributed by atoms with Crippen molar-refractivity contribution in [3.05, 3.63) is 0 Å². The molecule has 0 aromatic rings. The summed E-state index contributed by atoms with van der Waals surface area (Å²) in [6, 6.07) is 0. The van der Waals surface area contributed by atoms with Crippen LogP contribution in [-0.2, 0) is 0 Å². The zero-order valence-electron chi connectivity index (χ0n) is 6.24. The van der Waals surface area contributed by atoms with E-state index in [0.29, 0.717) is 5.66 Å². The van der Waals surface area contributed by atoms with Gasteiger partial charge in [0.1, 0.15) is 0 Å². The van der Waals surface area contributed by atoms with E-state index in [0.717, 1.165) is 26.2 Å². The highest BCUT2D eigenvalue weighted by molar-refractivity contribution is 4.94. The van der Waals surface area contributed by atoms with Gasteiger partial charge < -0.3 is 5.32 Å².